The van der Waals surface area contributed by atoms with Crippen molar-refractivity contribution in [1.82, 2.24) is 10.2 Å². The highest BCUT2D eigenvalue weighted by atomic mass is 16.5. The van der Waals surface area contributed by atoms with E-state index in [1.165, 1.54) is 19.3 Å². The number of hydrogen-bond donors (Lipinski definition) is 1. The molecule has 6 heteroatoms. The minimum absolute atomic E-state index is 0.211. The van der Waals surface area contributed by atoms with Crippen LogP contribution < -0.4 is 5.32 Å². The number of urea groups is 1. The first-order chi connectivity index (χ1) is 11.0. The molecule has 4 saturated carbocycles. The molecule has 0 aromatic carbocycles. The van der Waals surface area contributed by atoms with Gasteiger partial charge in [-0.1, -0.05) is 0 Å². The number of nitrogens with one attached hydrogen (secondary N) is 1. The Balaban J connectivity index is 1.43. The average molecular weight is 320 g/mol. The fourth-order valence-electron chi connectivity index (χ4n) is 5.60. The summed E-state index contributed by atoms with van der Waals surface area (Å²) >= 11 is 0. The summed E-state index contributed by atoms with van der Waals surface area (Å²) < 4.78 is 5.55. The van der Waals surface area contributed by atoms with Crippen molar-refractivity contribution in [2.45, 2.75) is 51.6 Å². The first kappa shape index (κ1) is 15.0. The van der Waals surface area contributed by atoms with Crippen LogP contribution in [0, 0.1) is 23.2 Å². The van der Waals surface area contributed by atoms with E-state index in [9.17, 15) is 14.4 Å². The number of rotatable bonds is 3. The number of ether oxygens (including phenoxy) is 1. The number of hydrogen-bond acceptors (Lipinski definition) is 4. The highest BCUT2D eigenvalue weighted by Crippen LogP contribution is 2.60. The second kappa shape index (κ2) is 5.21. The Kier molecular flexibility index (Phi) is 3.39. The van der Waals surface area contributed by atoms with Crippen LogP contribution in [-0.4, -0.2) is 42.0 Å². The third kappa shape index (κ3) is 2.42. The third-order valence-electron chi connectivity index (χ3n) is 6.23. The van der Waals surface area contributed by atoms with Crippen LogP contribution in [0.2, 0.25) is 0 Å². The van der Waals surface area contributed by atoms with E-state index in [0.717, 1.165) is 24.2 Å². The molecule has 1 unspecified atom stereocenters. The average Bonchev–Trinajstić information content (AvgIpc) is 2.91. The molecule has 1 heterocycles. The maximum absolute atomic E-state index is 12.8. The smallest absolute Gasteiger partial charge is 0.324 e. The van der Waals surface area contributed by atoms with Crippen LogP contribution in [-0.2, 0) is 14.3 Å². The molecule has 5 aliphatic rings. The zero-order valence-electron chi connectivity index (χ0n) is 13.5. The Morgan fingerprint density at radius 1 is 1.17 bits per heavy atom. The van der Waals surface area contributed by atoms with Crippen LogP contribution >= 0.6 is 0 Å². The summed E-state index contributed by atoms with van der Waals surface area (Å²) in [5, 5.41) is 2.59. The lowest BCUT2D eigenvalue weighted by Gasteiger charge is -2.55. The van der Waals surface area contributed by atoms with Gasteiger partial charge in [-0.3, -0.25) is 14.5 Å². The molecule has 126 valence electrons. The molecule has 0 radical (unpaired) electrons. The van der Waals surface area contributed by atoms with Gasteiger partial charge in [-0.25, -0.2) is 4.79 Å². The fraction of sp³-hybridized carbons (Fsp3) is 0.824. The van der Waals surface area contributed by atoms with E-state index in [4.69, 9.17) is 4.74 Å². The maximum Gasteiger partial charge on any atom is 0.324 e. The van der Waals surface area contributed by atoms with Gasteiger partial charge in [-0.05, 0) is 63.2 Å². The van der Waals surface area contributed by atoms with E-state index in [-0.39, 0.29) is 11.4 Å². The third-order valence-corrected chi connectivity index (χ3v) is 6.23. The number of carbonyl (C=O) groups excluding carboxylic acids is 3. The molecule has 5 fully saturated rings. The van der Waals surface area contributed by atoms with Crippen molar-refractivity contribution in [3.63, 3.8) is 0 Å². The second-order valence-electron chi connectivity index (χ2n) is 7.97. The lowest BCUT2D eigenvalue weighted by Crippen LogP contribution is -2.52. The van der Waals surface area contributed by atoms with Gasteiger partial charge in [0.2, 0.25) is 0 Å². The number of carbonyl (C=O) groups is 3. The highest BCUT2D eigenvalue weighted by Gasteiger charge is 2.56. The second-order valence-corrected chi connectivity index (χ2v) is 7.97. The molecule has 0 aromatic heterocycles. The van der Waals surface area contributed by atoms with Gasteiger partial charge >= 0.3 is 12.0 Å². The molecule has 5 rings (SSSR count). The monoisotopic (exact) mass is 320 g/mol. The maximum atomic E-state index is 12.8. The van der Waals surface area contributed by atoms with Crippen molar-refractivity contribution in [2.75, 3.05) is 13.1 Å². The van der Waals surface area contributed by atoms with Gasteiger partial charge in [-0.2, -0.15) is 0 Å². The van der Waals surface area contributed by atoms with Gasteiger partial charge in [0, 0.05) is 13.1 Å². The minimum Gasteiger partial charge on any atom is -0.452 e. The van der Waals surface area contributed by atoms with Gasteiger partial charge in [0.05, 0.1) is 5.41 Å². The number of esters is 1. The Morgan fingerprint density at radius 3 is 2.22 bits per heavy atom. The van der Waals surface area contributed by atoms with Crippen LogP contribution in [0.25, 0.3) is 0 Å². The SMILES string of the molecule is CC(OC(=O)C12CC3CC(CC(C3)C1)C2)C(=O)N1CCNC1=O. The standard InChI is InChI=1S/C17H24N2O4/c1-10(14(20)19-3-2-18-16(19)22)23-15(21)17-7-11-4-12(8-17)6-13(5-11)9-17/h10-13H,2-9H2,1H3,(H,18,22). The molecule has 1 atom stereocenters. The van der Waals surface area contributed by atoms with E-state index < -0.39 is 18.0 Å². The lowest BCUT2D eigenvalue weighted by atomic mass is 9.49. The molecule has 1 saturated heterocycles. The Bertz CT molecular complexity index is 524. The van der Waals surface area contributed by atoms with Crippen LogP contribution in [0.5, 0.6) is 0 Å². The van der Waals surface area contributed by atoms with E-state index in [1.807, 2.05) is 0 Å². The van der Waals surface area contributed by atoms with Gasteiger partial charge in [-0.15, -0.1) is 0 Å². The van der Waals surface area contributed by atoms with Crippen molar-refractivity contribution in [3.8, 4) is 0 Å². The van der Waals surface area contributed by atoms with Crippen LogP contribution in [0.4, 0.5) is 4.79 Å². The first-order valence-corrected chi connectivity index (χ1v) is 8.77. The molecule has 23 heavy (non-hydrogen) atoms. The topological polar surface area (TPSA) is 75.7 Å². The molecular weight excluding hydrogens is 296 g/mol. The predicted molar refractivity (Wildman–Crippen MR) is 81.3 cm³/mol. The molecule has 4 bridgehead atoms. The van der Waals surface area contributed by atoms with Crippen molar-refractivity contribution in [3.05, 3.63) is 0 Å². The quantitative estimate of drug-likeness (QED) is 0.803. The molecule has 1 aliphatic heterocycles. The molecule has 4 aliphatic carbocycles. The van der Waals surface area contributed by atoms with E-state index in [1.54, 1.807) is 6.92 Å². The molecular formula is C17H24N2O4. The Morgan fingerprint density at radius 2 is 1.74 bits per heavy atom. The number of amides is 3. The zero-order valence-corrected chi connectivity index (χ0v) is 13.5. The van der Waals surface area contributed by atoms with Crippen LogP contribution in [0.3, 0.4) is 0 Å². The van der Waals surface area contributed by atoms with Gasteiger partial charge in [0.15, 0.2) is 6.10 Å². The zero-order chi connectivity index (χ0) is 16.2. The fourth-order valence-corrected chi connectivity index (χ4v) is 5.60. The van der Waals surface area contributed by atoms with Crippen molar-refractivity contribution in [2.24, 2.45) is 23.2 Å². The molecule has 3 amide bonds. The Labute approximate surface area is 135 Å². The summed E-state index contributed by atoms with van der Waals surface area (Å²) in [4.78, 5) is 37.8. The lowest BCUT2D eigenvalue weighted by molar-refractivity contribution is -0.179. The van der Waals surface area contributed by atoms with Crippen LogP contribution in [0.15, 0.2) is 0 Å². The van der Waals surface area contributed by atoms with Crippen molar-refractivity contribution < 1.29 is 19.1 Å². The van der Waals surface area contributed by atoms with E-state index >= 15 is 0 Å². The minimum atomic E-state index is -0.889. The Hall–Kier alpha value is -1.59. The predicted octanol–water partition coefficient (Wildman–Crippen LogP) is 1.69. The molecule has 1 N–H and O–H groups in total. The van der Waals surface area contributed by atoms with Crippen molar-refractivity contribution >= 4 is 17.9 Å². The van der Waals surface area contributed by atoms with Crippen molar-refractivity contribution in [1.29, 1.82) is 0 Å². The number of nitrogens with zero attached hydrogens (tertiary/aromatic N) is 1. The summed E-state index contributed by atoms with van der Waals surface area (Å²) in [6, 6.07) is -0.396. The largest absolute Gasteiger partial charge is 0.452 e. The summed E-state index contributed by atoms with van der Waals surface area (Å²) in [5.74, 6) is 1.34. The summed E-state index contributed by atoms with van der Waals surface area (Å²) in [5.41, 5.74) is -0.365. The summed E-state index contributed by atoms with van der Waals surface area (Å²) in [6.45, 7) is 2.38. The van der Waals surface area contributed by atoms with Crippen LogP contribution in [0.1, 0.15) is 45.4 Å². The summed E-state index contributed by atoms with van der Waals surface area (Å²) in [6.07, 6.45) is 5.65. The normalized spacial score (nSPS) is 39.3. The van der Waals surface area contributed by atoms with Gasteiger partial charge in [0.25, 0.3) is 5.91 Å². The van der Waals surface area contributed by atoms with E-state index in [0.29, 0.717) is 30.8 Å². The van der Waals surface area contributed by atoms with Gasteiger partial charge < -0.3 is 10.1 Å². The first-order valence-electron chi connectivity index (χ1n) is 8.77. The van der Waals surface area contributed by atoms with Gasteiger partial charge in [0.1, 0.15) is 0 Å². The number of imide groups is 1. The molecule has 6 nitrogen and oxygen atoms in total. The summed E-state index contributed by atoms with van der Waals surface area (Å²) in [7, 11) is 0. The molecule has 0 aromatic rings. The van der Waals surface area contributed by atoms with E-state index in [2.05, 4.69) is 5.32 Å². The highest BCUT2D eigenvalue weighted by molar-refractivity contribution is 5.98. The molecule has 0 spiro atoms.